The molecule has 4 N–H and O–H groups in total. The van der Waals surface area contributed by atoms with E-state index in [1.807, 2.05) is 0 Å². The van der Waals surface area contributed by atoms with E-state index < -0.39 is 23.8 Å². The topological polar surface area (TPSA) is 133 Å². The van der Waals surface area contributed by atoms with Crippen LogP contribution in [0, 0.1) is 0 Å². The number of unbranched alkanes of at least 4 members (excludes halogenated alkanes) is 1. The normalized spacial score (nSPS) is 10.6. The Hall–Kier alpha value is -2.64. The molecule has 0 rings (SSSR count). The minimum absolute atomic E-state index is 0.351. The zero-order valence-corrected chi connectivity index (χ0v) is 10.7. The molecule has 0 fully saturated rings. The minimum Gasteiger partial charge on any atom is -0.478 e. The van der Waals surface area contributed by atoms with Gasteiger partial charge in [-0.2, -0.15) is 0 Å². The Morgan fingerprint density at radius 2 is 1.05 bits per heavy atom. The predicted octanol–water partition coefficient (Wildman–Crippen LogP) is -0.719. The van der Waals surface area contributed by atoms with Gasteiger partial charge in [0.15, 0.2) is 0 Å². The number of rotatable bonds is 9. The summed E-state index contributed by atoms with van der Waals surface area (Å²) in [6.07, 6.45) is 4.50. The van der Waals surface area contributed by atoms with Crippen molar-refractivity contribution in [2.24, 2.45) is 0 Å². The lowest BCUT2D eigenvalue weighted by Gasteiger charge is -2.03. The van der Waals surface area contributed by atoms with Crippen LogP contribution in [0.4, 0.5) is 0 Å². The smallest absolute Gasteiger partial charge is 0.328 e. The zero-order chi connectivity index (χ0) is 15.4. The molecule has 0 heterocycles. The highest BCUT2D eigenvalue weighted by molar-refractivity contribution is 5.94. The largest absolute Gasteiger partial charge is 0.478 e. The van der Waals surface area contributed by atoms with Gasteiger partial charge in [0.05, 0.1) is 0 Å². The molecule has 0 aliphatic heterocycles. The van der Waals surface area contributed by atoms with Gasteiger partial charge in [-0.05, 0) is 12.8 Å². The molecule has 0 aromatic rings. The van der Waals surface area contributed by atoms with E-state index in [0.717, 1.165) is 24.3 Å². The summed E-state index contributed by atoms with van der Waals surface area (Å²) in [4.78, 5) is 42.3. The van der Waals surface area contributed by atoms with Crippen LogP contribution in [0.3, 0.4) is 0 Å². The van der Waals surface area contributed by atoms with Gasteiger partial charge in [0, 0.05) is 37.4 Å². The molecule has 20 heavy (non-hydrogen) atoms. The molecular weight excluding hydrogens is 268 g/mol. The monoisotopic (exact) mass is 284 g/mol. The quantitative estimate of drug-likeness (QED) is 0.326. The summed E-state index contributed by atoms with van der Waals surface area (Å²) in [6, 6.07) is 0. The Morgan fingerprint density at radius 1 is 0.700 bits per heavy atom. The van der Waals surface area contributed by atoms with Crippen LogP contribution in [0.2, 0.25) is 0 Å². The Morgan fingerprint density at radius 3 is 1.35 bits per heavy atom. The summed E-state index contributed by atoms with van der Waals surface area (Å²) in [5.74, 6) is -3.39. The second-order valence-electron chi connectivity index (χ2n) is 3.63. The predicted molar refractivity (Wildman–Crippen MR) is 68.8 cm³/mol. The van der Waals surface area contributed by atoms with Gasteiger partial charge in [-0.1, -0.05) is 0 Å². The molecule has 0 bridgehead atoms. The van der Waals surface area contributed by atoms with Gasteiger partial charge in [-0.25, -0.2) is 9.59 Å². The van der Waals surface area contributed by atoms with E-state index in [9.17, 15) is 19.2 Å². The average Bonchev–Trinajstić information content (AvgIpc) is 2.37. The maximum atomic E-state index is 11.0. The second kappa shape index (κ2) is 10.3. The highest BCUT2D eigenvalue weighted by Crippen LogP contribution is 1.86. The third-order valence-electron chi connectivity index (χ3n) is 1.96. The van der Waals surface area contributed by atoms with Gasteiger partial charge in [0.1, 0.15) is 0 Å². The fourth-order valence-corrected chi connectivity index (χ4v) is 1.08. The highest BCUT2D eigenvalue weighted by atomic mass is 16.4. The van der Waals surface area contributed by atoms with Crippen molar-refractivity contribution >= 4 is 23.8 Å². The van der Waals surface area contributed by atoms with Gasteiger partial charge >= 0.3 is 11.9 Å². The van der Waals surface area contributed by atoms with Crippen molar-refractivity contribution in [2.45, 2.75) is 12.8 Å². The van der Waals surface area contributed by atoms with E-state index in [2.05, 4.69) is 10.6 Å². The van der Waals surface area contributed by atoms with E-state index in [1.165, 1.54) is 0 Å². The number of carboxylic acids is 2. The molecule has 0 radical (unpaired) electrons. The molecule has 0 saturated heterocycles. The van der Waals surface area contributed by atoms with Crippen LogP contribution in [-0.4, -0.2) is 47.1 Å². The Labute approximate surface area is 115 Å². The van der Waals surface area contributed by atoms with Crippen molar-refractivity contribution < 1.29 is 29.4 Å². The molecule has 0 aromatic carbocycles. The van der Waals surface area contributed by atoms with Crippen LogP contribution in [0.5, 0.6) is 0 Å². The number of carbonyl (C=O) groups is 4. The molecule has 0 aromatic heterocycles. The number of aliphatic carboxylic acids is 2. The van der Waals surface area contributed by atoms with E-state index in [-0.39, 0.29) is 0 Å². The van der Waals surface area contributed by atoms with E-state index in [0.29, 0.717) is 25.9 Å². The number of carboxylic acid groups (broad SMARTS) is 2. The van der Waals surface area contributed by atoms with Crippen molar-refractivity contribution in [3.63, 3.8) is 0 Å². The molecule has 0 aliphatic rings. The van der Waals surface area contributed by atoms with Gasteiger partial charge in [0.2, 0.25) is 11.8 Å². The Kier molecular flexibility index (Phi) is 8.94. The first-order chi connectivity index (χ1) is 9.41. The lowest BCUT2D eigenvalue weighted by molar-refractivity contribution is -0.132. The summed E-state index contributed by atoms with van der Waals surface area (Å²) in [7, 11) is 0. The van der Waals surface area contributed by atoms with Crippen LogP contribution >= 0.6 is 0 Å². The number of amides is 2. The van der Waals surface area contributed by atoms with Crippen molar-refractivity contribution in [1.82, 2.24) is 10.6 Å². The van der Waals surface area contributed by atoms with Crippen molar-refractivity contribution in [3.8, 4) is 0 Å². The Balaban J connectivity index is 3.58. The maximum Gasteiger partial charge on any atom is 0.328 e. The highest BCUT2D eigenvalue weighted by Gasteiger charge is 1.98. The molecule has 0 atom stereocenters. The third kappa shape index (κ3) is 11.8. The van der Waals surface area contributed by atoms with Crippen LogP contribution in [0.1, 0.15) is 12.8 Å². The number of carbonyl (C=O) groups excluding carboxylic acids is 2. The molecule has 8 heteroatoms. The summed E-state index contributed by atoms with van der Waals surface area (Å²) >= 11 is 0. The lowest BCUT2D eigenvalue weighted by atomic mass is 10.3. The van der Waals surface area contributed by atoms with E-state index in [4.69, 9.17) is 10.2 Å². The maximum absolute atomic E-state index is 11.0. The number of nitrogens with one attached hydrogen (secondary N) is 2. The summed E-state index contributed by atoms with van der Waals surface area (Å²) < 4.78 is 0. The number of hydrogen-bond donors (Lipinski definition) is 4. The molecule has 2 amide bonds. The Bertz CT molecular complexity index is 388. The first-order valence-electron chi connectivity index (χ1n) is 5.79. The molecule has 0 aliphatic carbocycles. The van der Waals surface area contributed by atoms with E-state index in [1.54, 1.807) is 0 Å². The standard InChI is InChI=1S/C12H16N2O6/c15-9(3-5-11(17)18)13-7-1-2-8-14-10(16)4-6-12(19)20/h3-6H,1-2,7-8H2,(H,13,15)(H,14,16)(H,17,18)(H,19,20). The van der Waals surface area contributed by atoms with Crippen LogP contribution < -0.4 is 10.6 Å². The molecule has 110 valence electrons. The lowest BCUT2D eigenvalue weighted by Crippen LogP contribution is -2.25. The van der Waals surface area contributed by atoms with Crippen LogP contribution in [0.25, 0.3) is 0 Å². The molecule has 0 spiro atoms. The first-order valence-corrected chi connectivity index (χ1v) is 5.79. The summed E-state index contributed by atoms with van der Waals surface area (Å²) in [5.41, 5.74) is 0. The third-order valence-corrected chi connectivity index (χ3v) is 1.96. The van der Waals surface area contributed by atoms with Gasteiger partial charge in [-0.15, -0.1) is 0 Å². The van der Waals surface area contributed by atoms with Crippen molar-refractivity contribution in [1.29, 1.82) is 0 Å². The second-order valence-corrected chi connectivity index (χ2v) is 3.63. The van der Waals surface area contributed by atoms with Crippen LogP contribution in [0.15, 0.2) is 24.3 Å². The van der Waals surface area contributed by atoms with Gasteiger partial charge < -0.3 is 20.8 Å². The summed E-state index contributed by atoms with van der Waals surface area (Å²) in [6.45, 7) is 0.702. The zero-order valence-electron chi connectivity index (χ0n) is 10.7. The number of hydrogen-bond acceptors (Lipinski definition) is 4. The summed E-state index contributed by atoms with van der Waals surface area (Å²) in [5, 5.41) is 21.5. The fourth-order valence-electron chi connectivity index (χ4n) is 1.08. The molecule has 0 saturated carbocycles. The SMILES string of the molecule is O=C(O)C=CC(=O)NCCCCNC(=O)C=CC(=O)O. The van der Waals surface area contributed by atoms with Crippen LogP contribution in [-0.2, 0) is 19.2 Å². The van der Waals surface area contributed by atoms with Crippen molar-refractivity contribution in [3.05, 3.63) is 24.3 Å². The molecule has 0 unspecified atom stereocenters. The molecular formula is C12H16N2O6. The van der Waals surface area contributed by atoms with E-state index >= 15 is 0 Å². The van der Waals surface area contributed by atoms with Gasteiger partial charge in [0.25, 0.3) is 0 Å². The first kappa shape index (κ1) is 17.4. The van der Waals surface area contributed by atoms with Crippen molar-refractivity contribution in [2.75, 3.05) is 13.1 Å². The average molecular weight is 284 g/mol. The fraction of sp³-hybridized carbons (Fsp3) is 0.333. The minimum atomic E-state index is -1.20. The molecule has 8 nitrogen and oxygen atoms in total. The van der Waals surface area contributed by atoms with Gasteiger partial charge in [-0.3, -0.25) is 9.59 Å².